The zero-order valence-corrected chi connectivity index (χ0v) is 13.1. The zero-order valence-electron chi connectivity index (χ0n) is 13.1. The van der Waals surface area contributed by atoms with Crippen molar-refractivity contribution >= 4 is 0 Å². The molecular weight excluding hydrogens is 224 g/mol. The predicted octanol–water partition coefficient (Wildman–Crippen LogP) is 2.51. The summed E-state index contributed by atoms with van der Waals surface area (Å²) in [5, 5.41) is 3.61. The van der Waals surface area contributed by atoms with Crippen molar-refractivity contribution in [1.29, 1.82) is 0 Å². The second-order valence-corrected chi connectivity index (χ2v) is 6.82. The fourth-order valence-electron chi connectivity index (χ4n) is 2.52. The quantitative estimate of drug-likeness (QED) is 0.818. The smallest absolute Gasteiger partial charge is 0.0595 e. The Morgan fingerprint density at radius 2 is 1.78 bits per heavy atom. The van der Waals surface area contributed by atoms with E-state index in [4.69, 9.17) is 4.74 Å². The Bertz CT molecular complexity index is 229. The summed E-state index contributed by atoms with van der Waals surface area (Å²) in [5.74, 6) is 0.684. The maximum atomic E-state index is 5.43. The van der Waals surface area contributed by atoms with Crippen molar-refractivity contribution in [2.75, 3.05) is 26.7 Å². The molecular formula is C15H32N2O. The lowest BCUT2D eigenvalue weighted by Gasteiger charge is -2.39. The molecule has 1 fully saturated rings. The van der Waals surface area contributed by atoms with E-state index in [2.05, 4.69) is 44.8 Å². The van der Waals surface area contributed by atoms with Gasteiger partial charge in [0.1, 0.15) is 0 Å². The summed E-state index contributed by atoms with van der Waals surface area (Å²) in [6.07, 6.45) is 2.84. The monoisotopic (exact) mass is 256 g/mol. The highest BCUT2D eigenvalue weighted by Gasteiger charge is 2.26. The summed E-state index contributed by atoms with van der Waals surface area (Å²) in [4.78, 5) is 2.62. The molecule has 0 aromatic carbocycles. The Kier molecular flexibility index (Phi) is 6.09. The predicted molar refractivity (Wildman–Crippen MR) is 78.0 cm³/mol. The van der Waals surface area contributed by atoms with E-state index in [1.54, 1.807) is 0 Å². The van der Waals surface area contributed by atoms with E-state index in [0.717, 1.165) is 6.54 Å². The normalized spacial score (nSPS) is 23.0. The van der Waals surface area contributed by atoms with E-state index < -0.39 is 0 Å². The number of hydrogen-bond donors (Lipinski definition) is 1. The van der Waals surface area contributed by atoms with Crippen molar-refractivity contribution in [2.45, 2.75) is 65.1 Å². The van der Waals surface area contributed by atoms with Gasteiger partial charge < -0.3 is 15.0 Å². The molecule has 1 N–H and O–H groups in total. The van der Waals surface area contributed by atoms with Crippen LogP contribution in [0.4, 0.5) is 0 Å². The minimum atomic E-state index is 0.219. The minimum absolute atomic E-state index is 0.219. The molecule has 2 unspecified atom stereocenters. The lowest BCUT2D eigenvalue weighted by molar-refractivity contribution is 0.0211. The first-order chi connectivity index (χ1) is 8.33. The Balaban J connectivity index is 2.33. The van der Waals surface area contributed by atoms with Gasteiger partial charge in [-0.25, -0.2) is 0 Å². The van der Waals surface area contributed by atoms with E-state index in [-0.39, 0.29) is 5.54 Å². The van der Waals surface area contributed by atoms with Crippen LogP contribution in [0, 0.1) is 5.92 Å². The third-order valence-electron chi connectivity index (χ3n) is 4.16. The van der Waals surface area contributed by atoms with E-state index in [0.29, 0.717) is 18.1 Å². The molecule has 108 valence electrons. The molecule has 3 heteroatoms. The molecule has 1 heterocycles. The van der Waals surface area contributed by atoms with E-state index in [9.17, 15) is 0 Å². The van der Waals surface area contributed by atoms with Crippen LogP contribution in [0.1, 0.15) is 47.5 Å². The highest BCUT2D eigenvalue weighted by atomic mass is 16.5. The Hall–Kier alpha value is -0.120. The Labute approximate surface area is 113 Å². The number of rotatable bonds is 5. The first-order valence-corrected chi connectivity index (χ1v) is 7.35. The van der Waals surface area contributed by atoms with E-state index in [1.807, 2.05) is 7.11 Å². The van der Waals surface area contributed by atoms with Crippen LogP contribution in [0.3, 0.4) is 0 Å². The molecule has 0 radical (unpaired) electrons. The maximum Gasteiger partial charge on any atom is 0.0595 e. The van der Waals surface area contributed by atoms with Crippen molar-refractivity contribution in [3.05, 3.63) is 0 Å². The van der Waals surface area contributed by atoms with Crippen molar-refractivity contribution in [3.63, 3.8) is 0 Å². The fraction of sp³-hybridized carbons (Fsp3) is 1.00. The van der Waals surface area contributed by atoms with Crippen molar-refractivity contribution in [2.24, 2.45) is 5.92 Å². The van der Waals surface area contributed by atoms with Gasteiger partial charge in [0.25, 0.3) is 0 Å². The number of hydrogen-bond acceptors (Lipinski definition) is 3. The molecule has 1 aliphatic rings. The van der Waals surface area contributed by atoms with Gasteiger partial charge in [-0.2, -0.15) is 0 Å². The maximum absolute atomic E-state index is 5.43. The largest absolute Gasteiger partial charge is 0.381 e. The molecule has 1 saturated heterocycles. The third kappa shape index (κ3) is 5.25. The molecule has 0 aromatic rings. The summed E-state index contributed by atoms with van der Waals surface area (Å²) in [6, 6.07) is 0.651. The average molecular weight is 256 g/mol. The van der Waals surface area contributed by atoms with E-state index >= 15 is 0 Å². The standard InChI is InChI=1S/C15H32N2O/c1-12(11-16-15(3,4)5)13(2)17-9-7-14(18-6)8-10-17/h12-14,16H,7-11H2,1-6H3. The number of nitrogens with zero attached hydrogens (tertiary/aromatic N) is 1. The van der Waals surface area contributed by atoms with Crippen LogP contribution in [-0.4, -0.2) is 49.3 Å². The lowest BCUT2D eigenvalue weighted by Crippen LogP contribution is -2.48. The first kappa shape index (κ1) is 15.9. The molecule has 0 aromatic heterocycles. The molecule has 3 nitrogen and oxygen atoms in total. The van der Waals surface area contributed by atoms with Crippen LogP contribution < -0.4 is 5.32 Å². The van der Waals surface area contributed by atoms with Gasteiger partial charge in [-0.15, -0.1) is 0 Å². The molecule has 18 heavy (non-hydrogen) atoms. The average Bonchev–Trinajstić information content (AvgIpc) is 2.34. The zero-order chi connectivity index (χ0) is 13.8. The van der Waals surface area contributed by atoms with Crippen LogP contribution in [0.15, 0.2) is 0 Å². The molecule has 0 bridgehead atoms. The van der Waals surface area contributed by atoms with Gasteiger partial charge in [0.2, 0.25) is 0 Å². The van der Waals surface area contributed by atoms with Gasteiger partial charge in [-0.3, -0.25) is 0 Å². The van der Waals surface area contributed by atoms with Gasteiger partial charge in [0.05, 0.1) is 6.10 Å². The van der Waals surface area contributed by atoms with Gasteiger partial charge in [-0.05, 0) is 53.0 Å². The van der Waals surface area contributed by atoms with Crippen LogP contribution >= 0.6 is 0 Å². The van der Waals surface area contributed by atoms with Gasteiger partial charge in [0.15, 0.2) is 0 Å². The van der Waals surface area contributed by atoms with Gasteiger partial charge >= 0.3 is 0 Å². The van der Waals surface area contributed by atoms with Crippen LogP contribution in [0.25, 0.3) is 0 Å². The lowest BCUT2D eigenvalue weighted by atomic mass is 9.97. The number of methoxy groups -OCH3 is 1. The van der Waals surface area contributed by atoms with Gasteiger partial charge in [-0.1, -0.05) is 6.92 Å². The Morgan fingerprint density at radius 3 is 2.22 bits per heavy atom. The number of likely N-dealkylation sites (tertiary alicyclic amines) is 1. The minimum Gasteiger partial charge on any atom is -0.381 e. The second-order valence-electron chi connectivity index (χ2n) is 6.82. The van der Waals surface area contributed by atoms with Crippen LogP contribution in [0.5, 0.6) is 0 Å². The molecule has 2 atom stereocenters. The van der Waals surface area contributed by atoms with Crippen LogP contribution in [0.2, 0.25) is 0 Å². The summed E-state index contributed by atoms with van der Waals surface area (Å²) >= 11 is 0. The highest BCUT2D eigenvalue weighted by molar-refractivity contribution is 4.81. The van der Waals surface area contributed by atoms with Gasteiger partial charge in [0, 0.05) is 31.8 Å². The molecule has 1 aliphatic heterocycles. The summed E-state index contributed by atoms with van der Waals surface area (Å²) in [6.45, 7) is 14.9. The fourth-order valence-corrected chi connectivity index (χ4v) is 2.52. The van der Waals surface area contributed by atoms with E-state index in [1.165, 1.54) is 25.9 Å². The SMILES string of the molecule is COC1CCN(C(C)C(C)CNC(C)(C)C)CC1. The number of ether oxygens (including phenoxy) is 1. The number of nitrogens with one attached hydrogen (secondary N) is 1. The highest BCUT2D eigenvalue weighted by Crippen LogP contribution is 2.19. The second kappa shape index (κ2) is 6.88. The van der Waals surface area contributed by atoms with Crippen molar-refractivity contribution in [3.8, 4) is 0 Å². The summed E-state index contributed by atoms with van der Waals surface area (Å²) < 4.78 is 5.43. The van der Waals surface area contributed by atoms with Crippen molar-refractivity contribution < 1.29 is 4.74 Å². The first-order valence-electron chi connectivity index (χ1n) is 7.35. The number of piperidine rings is 1. The Morgan fingerprint density at radius 1 is 1.22 bits per heavy atom. The molecule has 0 aliphatic carbocycles. The van der Waals surface area contributed by atoms with Crippen LogP contribution in [-0.2, 0) is 4.74 Å². The molecule has 0 spiro atoms. The molecule has 0 amide bonds. The van der Waals surface area contributed by atoms with Crippen molar-refractivity contribution in [1.82, 2.24) is 10.2 Å². The summed E-state index contributed by atoms with van der Waals surface area (Å²) in [7, 11) is 1.83. The third-order valence-corrected chi connectivity index (χ3v) is 4.16. The molecule has 0 saturated carbocycles. The summed E-state index contributed by atoms with van der Waals surface area (Å²) in [5.41, 5.74) is 0.219. The molecule has 1 rings (SSSR count). The topological polar surface area (TPSA) is 24.5 Å².